The summed E-state index contributed by atoms with van der Waals surface area (Å²) in [5.74, 6) is -0.334. The van der Waals surface area contributed by atoms with Crippen LogP contribution in [-0.4, -0.2) is 54.6 Å². The first kappa shape index (κ1) is 16.7. The molecule has 0 radical (unpaired) electrons. The van der Waals surface area contributed by atoms with E-state index in [-0.39, 0.29) is 10.9 Å². The van der Waals surface area contributed by atoms with Gasteiger partial charge in [-0.1, -0.05) is 17.7 Å². The highest BCUT2D eigenvalue weighted by molar-refractivity contribution is 6.30. The highest BCUT2D eigenvalue weighted by atomic mass is 35.5. The van der Waals surface area contributed by atoms with E-state index in [1.807, 2.05) is 13.1 Å². The van der Waals surface area contributed by atoms with E-state index in [0.29, 0.717) is 19.7 Å². The van der Waals surface area contributed by atoms with Gasteiger partial charge in [0.05, 0.1) is 11.6 Å². The summed E-state index contributed by atoms with van der Waals surface area (Å²) in [5, 5.41) is 0.132. The highest BCUT2D eigenvalue weighted by Crippen LogP contribution is 2.30. The summed E-state index contributed by atoms with van der Waals surface area (Å²) in [5.41, 5.74) is 0.118. The van der Waals surface area contributed by atoms with E-state index in [4.69, 9.17) is 16.3 Å². The maximum atomic E-state index is 13.6. The minimum Gasteiger partial charge on any atom is -0.362 e. The quantitative estimate of drug-likeness (QED) is 0.830. The van der Waals surface area contributed by atoms with Crippen LogP contribution in [0.25, 0.3) is 0 Å². The Labute approximate surface area is 141 Å². The lowest BCUT2D eigenvalue weighted by atomic mass is 9.94. The third kappa shape index (κ3) is 3.52. The van der Waals surface area contributed by atoms with E-state index >= 15 is 0 Å². The Morgan fingerprint density at radius 3 is 2.96 bits per heavy atom. The minimum absolute atomic E-state index is 0.0713. The number of likely N-dealkylation sites (tertiary alicyclic amines) is 1. The average Bonchev–Trinajstić information content (AvgIpc) is 2.66. The van der Waals surface area contributed by atoms with Gasteiger partial charge in [0.2, 0.25) is 0 Å². The number of carbonyl (C=O) groups excluding carboxylic acids is 1. The molecule has 2 aliphatic heterocycles. The van der Waals surface area contributed by atoms with Crippen LogP contribution in [0.2, 0.25) is 5.02 Å². The Morgan fingerprint density at radius 2 is 2.17 bits per heavy atom. The van der Waals surface area contributed by atoms with Gasteiger partial charge in [0, 0.05) is 33.2 Å². The lowest BCUT2D eigenvalue weighted by Gasteiger charge is -2.42. The lowest BCUT2D eigenvalue weighted by molar-refractivity contribution is -0.169. The molecule has 0 aromatic heterocycles. The van der Waals surface area contributed by atoms with Gasteiger partial charge < -0.3 is 9.64 Å². The van der Waals surface area contributed by atoms with Crippen LogP contribution in [0.4, 0.5) is 4.39 Å². The van der Waals surface area contributed by atoms with Crippen molar-refractivity contribution in [3.63, 3.8) is 0 Å². The molecule has 2 fully saturated rings. The summed E-state index contributed by atoms with van der Waals surface area (Å²) in [6.45, 7) is 3.20. The standard InChI is InChI=1S/C17H22ClFN2O2/c1-20-7-3-2-6-17(16(20)22)12-21(8-9-23-17)11-13-4-5-14(18)15(19)10-13/h4-5,10H,2-3,6-9,11-12H2,1H3. The molecule has 2 aliphatic rings. The molecule has 6 heteroatoms. The molecule has 1 amide bonds. The second-order valence-corrected chi connectivity index (χ2v) is 6.89. The molecule has 2 heterocycles. The lowest BCUT2D eigenvalue weighted by Crippen LogP contribution is -2.59. The summed E-state index contributed by atoms with van der Waals surface area (Å²) in [4.78, 5) is 16.7. The molecule has 4 nitrogen and oxygen atoms in total. The fourth-order valence-corrected chi connectivity index (χ4v) is 3.60. The maximum absolute atomic E-state index is 13.6. The molecule has 23 heavy (non-hydrogen) atoms. The van der Waals surface area contributed by atoms with E-state index < -0.39 is 11.4 Å². The van der Waals surface area contributed by atoms with Crippen molar-refractivity contribution in [1.82, 2.24) is 9.80 Å². The number of nitrogens with zero attached hydrogens (tertiary/aromatic N) is 2. The molecule has 0 N–H and O–H groups in total. The Hall–Kier alpha value is -1.17. The fraction of sp³-hybridized carbons (Fsp3) is 0.588. The molecule has 1 aromatic rings. The monoisotopic (exact) mass is 340 g/mol. The maximum Gasteiger partial charge on any atom is 0.255 e. The molecule has 3 rings (SSSR count). The molecule has 0 bridgehead atoms. The zero-order chi connectivity index (χ0) is 16.4. The van der Waals surface area contributed by atoms with E-state index in [9.17, 15) is 9.18 Å². The second-order valence-electron chi connectivity index (χ2n) is 6.49. The van der Waals surface area contributed by atoms with Crippen molar-refractivity contribution in [2.75, 3.05) is 33.3 Å². The van der Waals surface area contributed by atoms with Gasteiger partial charge in [-0.15, -0.1) is 0 Å². The van der Waals surface area contributed by atoms with Crippen molar-refractivity contribution in [2.24, 2.45) is 0 Å². The molecule has 1 aromatic carbocycles. The van der Waals surface area contributed by atoms with Gasteiger partial charge in [0.1, 0.15) is 5.82 Å². The summed E-state index contributed by atoms with van der Waals surface area (Å²) in [6.07, 6.45) is 2.75. The van der Waals surface area contributed by atoms with Crippen molar-refractivity contribution < 1.29 is 13.9 Å². The van der Waals surface area contributed by atoms with Gasteiger partial charge in [-0.05, 0) is 37.0 Å². The molecule has 2 saturated heterocycles. The van der Waals surface area contributed by atoms with Crippen LogP contribution in [0, 0.1) is 5.82 Å². The first-order chi connectivity index (χ1) is 11.0. The smallest absolute Gasteiger partial charge is 0.255 e. The Kier molecular flexibility index (Phi) is 4.90. The molecule has 126 valence electrons. The van der Waals surface area contributed by atoms with E-state index in [0.717, 1.165) is 37.9 Å². The van der Waals surface area contributed by atoms with Crippen LogP contribution in [0.1, 0.15) is 24.8 Å². The first-order valence-corrected chi connectivity index (χ1v) is 8.44. The third-order valence-electron chi connectivity index (χ3n) is 4.72. The fourth-order valence-electron chi connectivity index (χ4n) is 3.48. The molecular formula is C17H22ClFN2O2. The van der Waals surface area contributed by atoms with Crippen molar-refractivity contribution in [3.05, 3.63) is 34.6 Å². The van der Waals surface area contributed by atoms with Crippen LogP contribution in [0.5, 0.6) is 0 Å². The van der Waals surface area contributed by atoms with Crippen molar-refractivity contribution in [2.45, 2.75) is 31.4 Å². The number of carbonyl (C=O) groups is 1. The number of likely N-dealkylation sites (N-methyl/N-ethyl adjacent to an activating group) is 1. The van der Waals surface area contributed by atoms with Gasteiger partial charge in [-0.3, -0.25) is 9.69 Å². The van der Waals surface area contributed by atoms with Crippen LogP contribution >= 0.6 is 11.6 Å². The van der Waals surface area contributed by atoms with Gasteiger partial charge in [0.15, 0.2) is 5.60 Å². The minimum atomic E-state index is -0.742. The normalized spacial score (nSPS) is 26.6. The van der Waals surface area contributed by atoms with Crippen molar-refractivity contribution in [1.29, 1.82) is 0 Å². The summed E-state index contributed by atoms with van der Waals surface area (Å²) in [6, 6.07) is 4.87. The number of hydrogen-bond donors (Lipinski definition) is 0. The molecule has 1 unspecified atom stereocenters. The molecule has 0 saturated carbocycles. The summed E-state index contributed by atoms with van der Waals surface area (Å²) >= 11 is 5.73. The van der Waals surface area contributed by atoms with Gasteiger partial charge in [-0.25, -0.2) is 4.39 Å². The Morgan fingerprint density at radius 1 is 1.35 bits per heavy atom. The summed E-state index contributed by atoms with van der Waals surface area (Å²) in [7, 11) is 1.84. The topological polar surface area (TPSA) is 32.8 Å². The SMILES string of the molecule is CN1CCCCC2(CN(Cc3ccc(Cl)c(F)c3)CCO2)C1=O. The van der Waals surface area contributed by atoms with Gasteiger partial charge >= 0.3 is 0 Å². The zero-order valence-electron chi connectivity index (χ0n) is 13.4. The second kappa shape index (κ2) is 6.75. The van der Waals surface area contributed by atoms with E-state index in [1.165, 1.54) is 6.07 Å². The predicted molar refractivity (Wildman–Crippen MR) is 86.9 cm³/mol. The van der Waals surface area contributed by atoms with Crippen LogP contribution in [-0.2, 0) is 16.1 Å². The number of ether oxygens (including phenoxy) is 1. The highest BCUT2D eigenvalue weighted by Gasteiger charge is 2.45. The largest absolute Gasteiger partial charge is 0.362 e. The number of rotatable bonds is 2. The molecule has 1 spiro atoms. The van der Waals surface area contributed by atoms with Crippen molar-refractivity contribution >= 4 is 17.5 Å². The van der Waals surface area contributed by atoms with Crippen molar-refractivity contribution in [3.8, 4) is 0 Å². The number of morpholine rings is 1. The zero-order valence-corrected chi connectivity index (χ0v) is 14.1. The van der Waals surface area contributed by atoms with E-state index in [1.54, 1.807) is 11.0 Å². The summed E-state index contributed by atoms with van der Waals surface area (Å²) < 4.78 is 19.6. The Bertz CT molecular complexity index is 598. The first-order valence-electron chi connectivity index (χ1n) is 8.06. The van der Waals surface area contributed by atoms with Gasteiger partial charge in [-0.2, -0.15) is 0 Å². The molecule has 0 aliphatic carbocycles. The van der Waals surface area contributed by atoms with Crippen LogP contribution in [0.15, 0.2) is 18.2 Å². The Balaban J connectivity index is 1.74. The average molecular weight is 341 g/mol. The van der Waals surface area contributed by atoms with Crippen LogP contribution < -0.4 is 0 Å². The van der Waals surface area contributed by atoms with E-state index in [2.05, 4.69) is 4.90 Å². The predicted octanol–water partition coefficient (Wildman–Crippen LogP) is 2.69. The van der Waals surface area contributed by atoms with Crippen LogP contribution in [0.3, 0.4) is 0 Å². The number of hydrogen-bond acceptors (Lipinski definition) is 3. The number of halogens is 2. The molecule has 1 atom stereocenters. The third-order valence-corrected chi connectivity index (χ3v) is 5.02. The number of amides is 1. The molecular weight excluding hydrogens is 319 g/mol. The number of benzene rings is 1. The van der Waals surface area contributed by atoms with Gasteiger partial charge in [0.25, 0.3) is 5.91 Å².